The Bertz CT molecular complexity index is 726. The average Bonchev–Trinajstić information content (AvgIpc) is 3.03. The molecule has 5 heteroatoms. The normalized spacial score (nSPS) is 12.1. The first-order chi connectivity index (χ1) is 11.5. The predicted octanol–water partition coefficient (Wildman–Crippen LogP) is 2.68. The molecule has 0 saturated carbocycles. The molecular formula is C19H22N2O3. The Morgan fingerprint density at radius 2 is 1.62 bits per heavy atom. The van der Waals surface area contributed by atoms with Gasteiger partial charge in [0.05, 0.1) is 6.42 Å². The van der Waals surface area contributed by atoms with Crippen LogP contribution in [0.15, 0.2) is 42.5 Å². The molecule has 1 aliphatic rings. The molecule has 1 heterocycles. The number of rotatable bonds is 5. The van der Waals surface area contributed by atoms with Gasteiger partial charge in [0.2, 0.25) is 12.7 Å². The standard InChI is InChI=1S/C19H22N2O3/c1-20(2)16-7-4-14(5-8-16)12-21(3)19(22)11-15-6-9-17-18(10-15)24-13-23-17/h4-10H,11-13H2,1-3H3. The number of hydrogen-bond acceptors (Lipinski definition) is 4. The van der Waals surface area contributed by atoms with Gasteiger partial charge in [-0.05, 0) is 35.4 Å². The highest BCUT2D eigenvalue weighted by atomic mass is 16.7. The number of benzene rings is 2. The van der Waals surface area contributed by atoms with E-state index >= 15 is 0 Å². The van der Waals surface area contributed by atoms with Gasteiger partial charge in [0.25, 0.3) is 0 Å². The molecule has 0 atom stereocenters. The molecule has 0 bridgehead atoms. The van der Waals surface area contributed by atoms with Gasteiger partial charge in [0, 0.05) is 33.4 Å². The van der Waals surface area contributed by atoms with E-state index < -0.39 is 0 Å². The van der Waals surface area contributed by atoms with Crippen molar-refractivity contribution in [3.63, 3.8) is 0 Å². The van der Waals surface area contributed by atoms with Crippen molar-refractivity contribution < 1.29 is 14.3 Å². The van der Waals surface area contributed by atoms with Crippen molar-refractivity contribution in [1.29, 1.82) is 0 Å². The SMILES string of the molecule is CN(Cc1ccc(N(C)C)cc1)C(=O)Cc1ccc2c(c1)OCO2. The summed E-state index contributed by atoms with van der Waals surface area (Å²) in [6, 6.07) is 13.9. The lowest BCUT2D eigenvalue weighted by molar-refractivity contribution is -0.129. The molecule has 2 aromatic rings. The topological polar surface area (TPSA) is 42.0 Å². The van der Waals surface area contributed by atoms with Crippen molar-refractivity contribution in [2.24, 2.45) is 0 Å². The van der Waals surface area contributed by atoms with Crippen LogP contribution in [-0.4, -0.2) is 38.7 Å². The Hall–Kier alpha value is -2.69. The Balaban J connectivity index is 1.60. The number of anilines is 1. The van der Waals surface area contributed by atoms with Crippen LogP contribution in [0.25, 0.3) is 0 Å². The smallest absolute Gasteiger partial charge is 0.231 e. The van der Waals surface area contributed by atoms with E-state index in [0.29, 0.717) is 18.7 Å². The molecule has 5 nitrogen and oxygen atoms in total. The van der Waals surface area contributed by atoms with E-state index in [1.807, 2.05) is 39.3 Å². The van der Waals surface area contributed by atoms with Gasteiger partial charge in [-0.15, -0.1) is 0 Å². The molecular weight excluding hydrogens is 304 g/mol. The fourth-order valence-electron chi connectivity index (χ4n) is 2.62. The number of likely N-dealkylation sites (N-methyl/N-ethyl adjacent to an activating group) is 1. The van der Waals surface area contributed by atoms with Gasteiger partial charge in [-0.3, -0.25) is 4.79 Å². The number of hydrogen-bond donors (Lipinski definition) is 0. The van der Waals surface area contributed by atoms with E-state index in [9.17, 15) is 4.79 Å². The first kappa shape index (κ1) is 16.2. The Morgan fingerprint density at radius 1 is 0.958 bits per heavy atom. The molecule has 0 spiro atoms. The van der Waals surface area contributed by atoms with Gasteiger partial charge in [-0.1, -0.05) is 18.2 Å². The first-order valence-corrected chi connectivity index (χ1v) is 7.91. The van der Waals surface area contributed by atoms with E-state index in [1.165, 1.54) is 0 Å². The number of carbonyl (C=O) groups is 1. The number of amides is 1. The minimum absolute atomic E-state index is 0.0746. The molecule has 1 aliphatic heterocycles. The maximum atomic E-state index is 12.4. The highest BCUT2D eigenvalue weighted by Crippen LogP contribution is 2.32. The van der Waals surface area contributed by atoms with Crippen LogP contribution in [0, 0.1) is 0 Å². The number of fused-ring (bicyclic) bond motifs is 1. The summed E-state index contributed by atoms with van der Waals surface area (Å²) < 4.78 is 10.6. The summed E-state index contributed by atoms with van der Waals surface area (Å²) in [6.07, 6.45) is 0.350. The first-order valence-electron chi connectivity index (χ1n) is 7.91. The van der Waals surface area contributed by atoms with Crippen molar-refractivity contribution >= 4 is 11.6 Å². The van der Waals surface area contributed by atoms with Gasteiger partial charge in [-0.2, -0.15) is 0 Å². The molecule has 0 saturated heterocycles. The second kappa shape index (κ2) is 6.83. The molecule has 3 rings (SSSR count). The van der Waals surface area contributed by atoms with E-state index in [4.69, 9.17) is 9.47 Å². The van der Waals surface area contributed by atoms with Crippen molar-refractivity contribution in [2.45, 2.75) is 13.0 Å². The Morgan fingerprint density at radius 3 is 2.33 bits per heavy atom. The highest BCUT2D eigenvalue weighted by Gasteiger charge is 2.16. The fraction of sp³-hybridized carbons (Fsp3) is 0.316. The lowest BCUT2D eigenvalue weighted by Gasteiger charge is -2.18. The summed E-state index contributed by atoms with van der Waals surface area (Å²) >= 11 is 0. The Labute approximate surface area is 142 Å². The van der Waals surface area contributed by atoms with Crippen LogP contribution in [0.4, 0.5) is 5.69 Å². The van der Waals surface area contributed by atoms with Crippen LogP contribution in [0.1, 0.15) is 11.1 Å². The third-order valence-electron chi connectivity index (χ3n) is 4.09. The average molecular weight is 326 g/mol. The largest absolute Gasteiger partial charge is 0.454 e. The maximum absolute atomic E-state index is 12.4. The molecule has 0 aromatic heterocycles. The molecule has 126 valence electrons. The summed E-state index contributed by atoms with van der Waals surface area (Å²) in [4.78, 5) is 16.2. The molecule has 0 fully saturated rings. The maximum Gasteiger partial charge on any atom is 0.231 e. The Kier molecular flexibility index (Phi) is 4.60. The minimum Gasteiger partial charge on any atom is -0.454 e. The highest BCUT2D eigenvalue weighted by molar-refractivity contribution is 5.78. The minimum atomic E-state index is 0.0746. The van der Waals surface area contributed by atoms with Crippen molar-refractivity contribution in [3.05, 3.63) is 53.6 Å². The third-order valence-corrected chi connectivity index (χ3v) is 4.09. The zero-order valence-corrected chi connectivity index (χ0v) is 14.3. The predicted molar refractivity (Wildman–Crippen MR) is 93.5 cm³/mol. The molecule has 2 aromatic carbocycles. The van der Waals surface area contributed by atoms with Crippen LogP contribution >= 0.6 is 0 Å². The van der Waals surface area contributed by atoms with Gasteiger partial charge in [-0.25, -0.2) is 0 Å². The number of nitrogens with zero attached hydrogens (tertiary/aromatic N) is 2. The van der Waals surface area contributed by atoms with E-state index in [0.717, 1.165) is 22.6 Å². The second-order valence-corrected chi connectivity index (χ2v) is 6.18. The quantitative estimate of drug-likeness (QED) is 0.847. The lowest BCUT2D eigenvalue weighted by Crippen LogP contribution is -2.27. The van der Waals surface area contributed by atoms with Crippen LogP contribution in [-0.2, 0) is 17.8 Å². The third kappa shape index (κ3) is 3.62. The van der Waals surface area contributed by atoms with Crippen molar-refractivity contribution in [3.8, 4) is 11.5 Å². The number of carbonyl (C=O) groups excluding carboxylic acids is 1. The van der Waals surface area contributed by atoms with Crippen molar-refractivity contribution in [1.82, 2.24) is 4.90 Å². The van der Waals surface area contributed by atoms with Crippen molar-refractivity contribution in [2.75, 3.05) is 32.8 Å². The molecule has 0 aliphatic carbocycles. The summed E-state index contributed by atoms with van der Waals surface area (Å²) in [7, 11) is 5.85. The summed E-state index contributed by atoms with van der Waals surface area (Å²) in [6.45, 7) is 0.840. The van der Waals surface area contributed by atoms with E-state index in [2.05, 4.69) is 29.2 Å². The van der Waals surface area contributed by atoms with Gasteiger partial charge in [0.15, 0.2) is 11.5 Å². The molecule has 1 amide bonds. The zero-order valence-electron chi connectivity index (χ0n) is 14.3. The summed E-state index contributed by atoms with van der Waals surface area (Å²) in [5.41, 5.74) is 3.19. The zero-order chi connectivity index (χ0) is 17.1. The van der Waals surface area contributed by atoms with Gasteiger partial charge < -0.3 is 19.3 Å². The van der Waals surface area contributed by atoms with Crippen LogP contribution in [0.2, 0.25) is 0 Å². The van der Waals surface area contributed by atoms with E-state index in [-0.39, 0.29) is 12.7 Å². The summed E-state index contributed by atoms with van der Waals surface area (Å²) in [5.74, 6) is 1.52. The summed E-state index contributed by atoms with van der Waals surface area (Å²) in [5, 5.41) is 0. The van der Waals surface area contributed by atoms with Crippen LogP contribution < -0.4 is 14.4 Å². The van der Waals surface area contributed by atoms with Crippen LogP contribution in [0.5, 0.6) is 11.5 Å². The van der Waals surface area contributed by atoms with E-state index in [1.54, 1.807) is 4.90 Å². The molecule has 24 heavy (non-hydrogen) atoms. The molecule has 0 radical (unpaired) electrons. The number of ether oxygens (including phenoxy) is 2. The van der Waals surface area contributed by atoms with Gasteiger partial charge >= 0.3 is 0 Å². The fourth-order valence-corrected chi connectivity index (χ4v) is 2.62. The van der Waals surface area contributed by atoms with Crippen LogP contribution in [0.3, 0.4) is 0 Å². The van der Waals surface area contributed by atoms with Gasteiger partial charge in [0.1, 0.15) is 0 Å². The molecule has 0 N–H and O–H groups in total. The monoisotopic (exact) mass is 326 g/mol. The molecule has 0 unspecified atom stereocenters. The second-order valence-electron chi connectivity index (χ2n) is 6.18. The lowest BCUT2D eigenvalue weighted by atomic mass is 10.1.